The van der Waals surface area contributed by atoms with Crippen LogP contribution < -0.4 is 14.8 Å². The number of ether oxygens (including phenoxy) is 2. The number of amides is 1. The summed E-state index contributed by atoms with van der Waals surface area (Å²) in [6, 6.07) is 14.9. The van der Waals surface area contributed by atoms with Crippen LogP contribution in [0.5, 0.6) is 11.5 Å². The lowest BCUT2D eigenvalue weighted by Crippen LogP contribution is -2.13. The molecule has 0 aliphatic carbocycles. The van der Waals surface area contributed by atoms with E-state index in [0.717, 1.165) is 5.56 Å². The second kappa shape index (κ2) is 8.40. The molecule has 2 aromatic carbocycles. The summed E-state index contributed by atoms with van der Waals surface area (Å²) in [7, 11) is 3.10. The highest BCUT2D eigenvalue weighted by atomic mass is 19.1. The van der Waals surface area contributed by atoms with E-state index in [4.69, 9.17) is 13.9 Å². The van der Waals surface area contributed by atoms with Crippen LogP contribution in [0.15, 0.2) is 59.0 Å². The van der Waals surface area contributed by atoms with Gasteiger partial charge in [0.15, 0.2) is 0 Å². The molecule has 0 saturated carbocycles. The van der Waals surface area contributed by atoms with Gasteiger partial charge in [0.05, 0.1) is 19.9 Å². The Hall–Kier alpha value is -3.28. The summed E-state index contributed by atoms with van der Waals surface area (Å²) >= 11 is 0. The van der Waals surface area contributed by atoms with Crippen molar-refractivity contribution in [3.05, 3.63) is 66.2 Å². The van der Waals surface area contributed by atoms with E-state index in [2.05, 4.69) is 5.32 Å². The van der Waals surface area contributed by atoms with Crippen molar-refractivity contribution in [3.8, 4) is 22.8 Å². The predicted octanol–water partition coefficient (Wildman–Crippen LogP) is 4.67. The van der Waals surface area contributed by atoms with Gasteiger partial charge in [-0.15, -0.1) is 0 Å². The van der Waals surface area contributed by atoms with Gasteiger partial charge in [-0.05, 0) is 48.5 Å². The van der Waals surface area contributed by atoms with Crippen LogP contribution in [-0.4, -0.2) is 20.1 Å². The molecule has 0 aliphatic rings. The van der Waals surface area contributed by atoms with Gasteiger partial charge in [0.2, 0.25) is 5.91 Å². The number of benzene rings is 2. The predicted molar refractivity (Wildman–Crippen MR) is 101 cm³/mol. The van der Waals surface area contributed by atoms with Crippen molar-refractivity contribution in [1.29, 1.82) is 0 Å². The largest absolute Gasteiger partial charge is 0.497 e. The molecule has 0 saturated heterocycles. The van der Waals surface area contributed by atoms with Gasteiger partial charge >= 0.3 is 0 Å². The summed E-state index contributed by atoms with van der Waals surface area (Å²) in [5.41, 5.74) is 1.33. The van der Waals surface area contributed by atoms with E-state index in [1.165, 1.54) is 19.2 Å². The van der Waals surface area contributed by atoms with Crippen molar-refractivity contribution in [2.75, 3.05) is 19.5 Å². The number of aryl methyl sites for hydroxylation is 1. The van der Waals surface area contributed by atoms with Crippen LogP contribution >= 0.6 is 0 Å². The third kappa shape index (κ3) is 4.67. The topological polar surface area (TPSA) is 60.7 Å². The van der Waals surface area contributed by atoms with E-state index in [-0.39, 0.29) is 18.1 Å². The summed E-state index contributed by atoms with van der Waals surface area (Å²) in [6.45, 7) is 0. The molecule has 1 N–H and O–H groups in total. The smallest absolute Gasteiger partial charge is 0.224 e. The number of methoxy groups -OCH3 is 2. The molecule has 1 amide bonds. The van der Waals surface area contributed by atoms with Crippen molar-refractivity contribution in [3.63, 3.8) is 0 Å². The van der Waals surface area contributed by atoms with E-state index in [9.17, 15) is 9.18 Å². The van der Waals surface area contributed by atoms with E-state index in [1.54, 1.807) is 37.4 Å². The van der Waals surface area contributed by atoms with Crippen LogP contribution in [0.2, 0.25) is 0 Å². The van der Waals surface area contributed by atoms with Crippen LogP contribution in [0, 0.1) is 5.82 Å². The molecule has 1 heterocycles. The summed E-state index contributed by atoms with van der Waals surface area (Å²) < 4.78 is 29.2. The Morgan fingerprint density at radius 1 is 1.04 bits per heavy atom. The quantitative estimate of drug-likeness (QED) is 0.657. The highest BCUT2D eigenvalue weighted by Crippen LogP contribution is 2.29. The molecule has 3 rings (SSSR count). The zero-order valence-corrected chi connectivity index (χ0v) is 15.1. The molecule has 5 nitrogen and oxygen atoms in total. The molecular weight excluding hydrogens is 349 g/mol. The van der Waals surface area contributed by atoms with E-state index in [0.29, 0.717) is 35.1 Å². The van der Waals surface area contributed by atoms with Crippen LogP contribution in [0.1, 0.15) is 12.2 Å². The maximum atomic E-state index is 13.0. The van der Waals surface area contributed by atoms with Crippen molar-refractivity contribution in [1.82, 2.24) is 0 Å². The Labute approximate surface area is 156 Å². The Morgan fingerprint density at radius 3 is 2.52 bits per heavy atom. The fourth-order valence-corrected chi connectivity index (χ4v) is 2.64. The van der Waals surface area contributed by atoms with Gasteiger partial charge in [0.1, 0.15) is 28.8 Å². The summed E-state index contributed by atoms with van der Waals surface area (Å²) in [5, 5.41) is 2.82. The average molecular weight is 369 g/mol. The van der Waals surface area contributed by atoms with Gasteiger partial charge in [0, 0.05) is 24.5 Å². The Bertz CT molecular complexity index is 918. The normalized spacial score (nSPS) is 10.5. The Morgan fingerprint density at radius 2 is 1.81 bits per heavy atom. The number of carbonyl (C=O) groups excluding carboxylic acids is 1. The molecule has 140 valence electrons. The number of halogens is 1. The van der Waals surface area contributed by atoms with Gasteiger partial charge < -0.3 is 19.2 Å². The van der Waals surface area contributed by atoms with Crippen LogP contribution in [0.25, 0.3) is 11.3 Å². The number of hydrogen-bond donors (Lipinski definition) is 1. The first-order valence-corrected chi connectivity index (χ1v) is 8.45. The standard InChI is InChI=1S/C21H20FNO4/c1-25-17-8-11-20(26-2)18(13-17)23-21(24)12-9-16-7-10-19(27-16)14-3-5-15(22)6-4-14/h3-8,10-11,13H,9,12H2,1-2H3,(H,23,24). The highest BCUT2D eigenvalue weighted by Gasteiger charge is 2.11. The lowest BCUT2D eigenvalue weighted by Gasteiger charge is -2.11. The fraction of sp³-hybridized carbons (Fsp3) is 0.190. The first-order valence-electron chi connectivity index (χ1n) is 8.45. The molecule has 6 heteroatoms. The SMILES string of the molecule is COc1ccc(OC)c(NC(=O)CCc2ccc(-c3ccc(F)cc3)o2)c1. The second-order valence-corrected chi connectivity index (χ2v) is 5.89. The Kier molecular flexibility index (Phi) is 5.76. The van der Waals surface area contributed by atoms with Gasteiger partial charge in [0.25, 0.3) is 0 Å². The van der Waals surface area contributed by atoms with E-state index < -0.39 is 0 Å². The fourth-order valence-electron chi connectivity index (χ4n) is 2.64. The monoisotopic (exact) mass is 369 g/mol. The molecule has 0 atom stereocenters. The minimum atomic E-state index is -0.296. The molecule has 1 aromatic heterocycles. The van der Waals surface area contributed by atoms with Crippen molar-refractivity contribution in [2.24, 2.45) is 0 Å². The molecule has 0 unspecified atom stereocenters. The summed E-state index contributed by atoms with van der Waals surface area (Å²) in [5.74, 6) is 2.04. The maximum Gasteiger partial charge on any atom is 0.224 e. The third-order valence-corrected chi connectivity index (χ3v) is 4.07. The lowest BCUT2D eigenvalue weighted by molar-refractivity contribution is -0.116. The number of hydrogen-bond acceptors (Lipinski definition) is 4. The summed E-state index contributed by atoms with van der Waals surface area (Å²) in [6.07, 6.45) is 0.691. The second-order valence-electron chi connectivity index (χ2n) is 5.89. The van der Waals surface area contributed by atoms with Gasteiger partial charge in [-0.1, -0.05) is 0 Å². The molecule has 27 heavy (non-hydrogen) atoms. The zero-order chi connectivity index (χ0) is 19.2. The van der Waals surface area contributed by atoms with Crippen LogP contribution in [0.3, 0.4) is 0 Å². The van der Waals surface area contributed by atoms with Crippen LogP contribution in [0.4, 0.5) is 10.1 Å². The number of rotatable bonds is 7. The number of nitrogens with one attached hydrogen (secondary N) is 1. The first-order chi connectivity index (χ1) is 13.1. The lowest BCUT2D eigenvalue weighted by atomic mass is 10.2. The van der Waals surface area contributed by atoms with Crippen molar-refractivity contribution >= 4 is 11.6 Å². The zero-order valence-electron chi connectivity index (χ0n) is 15.1. The maximum absolute atomic E-state index is 13.0. The van der Waals surface area contributed by atoms with E-state index in [1.807, 2.05) is 12.1 Å². The number of anilines is 1. The van der Waals surface area contributed by atoms with Gasteiger partial charge in [-0.25, -0.2) is 4.39 Å². The number of carbonyl (C=O) groups is 1. The van der Waals surface area contributed by atoms with Gasteiger partial charge in [-0.3, -0.25) is 4.79 Å². The number of furan rings is 1. The summed E-state index contributed by atoms with van der Waals surface area (Å²) in [4.78, 5) is 12.3. The molecule has 0 aliphatic heterocycles. The minimum Gasteiger partial charge on any atom is -0.497 e. The molecular formula is C21H20FNO4. The van der Waals surface area contributed by atoms with E-state index >= 15 is 0 Å². The molecule has 0 fully saturated rings. The molecule has 0 spiro atoms. The first kappa shape index (κ1) is 18.5. The Balaban J connectivity index is 1.61. The van der Waals surface area contributed by atoms with Gasteiger partial charge in [-0.2, -0.15) is 0 Å². The highest BCUT2D eigenvalue weighted by molar-refractivity contribution is 5.92. The minimum absolute atomic E-state index is 0.165. The van der Waals surface area contributed by atoms with Crippen molar-refractivity contribution < 1.29 is 23.1 Å². The van der Waals surface area contributed by atoms with Crippen molar-refractivity contribution in [2.45, 2.75) is 12.8 Å². The average Bonchev–Trinajstić information content (AvgIpc) is 3.16. The third-order valence-electron chi connectivity index (χ3n) is 4.07. The van der Waals surface area contributed by atoms with Crippen LogP contribution in [-0.2, 0) is 11.2 Å². The molecule has 0 bridgehead atoms. The molecule has 0 radical (unpaired) electrons. The molecule has 3 aromatic rings.